The summed E-state index contributed by atoms with van der Waals surface area (Å²) < 4.78 is 29.8. The average molecular weight is 211 g/mol. The number of hydrogen-bond acceptors (Lipinski definition) is 5. The highest BCUT2D eigenvalue weighted by Gasteiger charge is 2.44. The molecule has 6 nitrogen and oxygen atoms in total. The fourth-order valence-corrected chi connectivity index (χ4v) is 1.84. The van der Waals surface area contributed by atoms with Gasteiger partial charge in [-0.1, -0.05) is 12.8 Å². The molecule has 0 radical (unpaired) electrons. The Hall–Kier alpha value is -0.600. The molecule has 0 aromatic heterocycles. The van der Waals surface area contributed by atoms with Gasteiger partial charge in [0.2, 0.25) is 5.91 Å². The maximum Gasteiger partial charge on any atom is 0.277 e. The number of hydrogen-bond donors (Lipinski definition) is 2. The second kappa shape index (κ2) is 2.71. The summed E-state index contributed by atoms with van der Waals surface area (Å²) in [6.45, 7) is 0. The van der Waals surface area contributed by atoms with E-state index in [-0.39, 0.29) is 0 Å². The number of carbonyl (C=O) groups is 2. The molecule has 0 aromatic rings. The van der Waals surface area contributed by atoms with E-state index >= 15 is 0 Å². The van der Waals surface area contributed by atoms with Crippen molar-refractivity contribution in [3.63, 3.8) is 0 Å². The second-order valence-corrected chi connectivity index (χ2v) is 4.25. The lowest BCUT2D eigenvalue weighted by Gasteiger charge is -2.03. The Morgan fingerprint density at radius 3 is 2.17 bits per heavy atom. The molecule has 0 aliphatic carbocycles. The number of imide groups is 1. The normalized spacial score (nSPS) is 25.2. The maximum atomic E-state index is 10.9. The van der Waals surface area contributed by atoms with E-state index in [4.69, 9.17) is 4.55 Å². The maximum absolute atomic E-state index is 10.9. The third-order valence-corrected chi connectivity index (χ3v) is 2.95. The highest BCUT2D eigenvalue weighted by Crippen LogP contribution is 2.20. The van der Waals surface area contributed by atoms with Gasteiger partial charge in [-0.05, 0) is 0 Å². The Labute approximate surface area is 73.8 Å². The lowest BCUT2D eigenvalue weighted by atomic mass is 10.4. The largest absolute Gasteiger partial charge is 0.285 e. The molecule has 1 aliphatic heterocycles. The molecule has 0 saturated carbocycles. The lowest BCUT2D eigenvalue weighted by Crippen LogP contribution is -2.29. The van der Waals surface area contributed by atoms with Crippen LogP contribution in [0.2, 0.25) is 0 Å². The van der Waals surface area contributed by atoms with Crippen molar-refractivity contribution in [1.82, 2.24) is 4.31 Å². The third kappa shape index (κ3) is 1.45. The zero-order valence-corrected chi connectivity index (χ0v) is 7.38. The second-order valence-electron chi connectivity index (χ2n) is 2.25. The number of carbonyl (C=O) groups excluding carboxylic acids is 2. The van der Waals surface area contributed by atoms with Crippen molar-refractivity contribution in [2.24, 2.45) is 0 Å². The van der Waals surface area contributed by atoms with Gasteiger partial charge in [0.05, 0.1) is 6.42 Å². The molecule has 12 heavy (non-hydrogen) atoms. The summed E-state index contributed by atoms with van der Waals surface area (Å²) in [5.41, 5.74) is 0. The minimum absolute atomic E-state index is 0.387. The van der Waals surface area contributed by atoms with Crippen LogP contribution in [0, 0.1) is 0 Å². The first-order valence-electron chi connectivity index (χ1n) is 2.86. The smallest absolute Gasteiger partial charge is 0.277 e. The average Bonchev–Trinajstić information content (AvgIpc) is 2.15. The molecular weight excluding hydrogens is 206 g/mol. The first-order chi connectivity index (χ1) is 5.34. The van der Waals surface area contributed by atoms with E-state index in [0.29, 0.717) is 4.31 Å². The fourth-order valence-electron chi connectivity index (χ4n) is 0.824. The zero-order chi connectivity index (χ0) is 9.52. The van der Waals surface area contributed by atoms with Crippen LogP contribution in [0.15, 0.2) is 0 Å². The van der Waals surface area contributed by atoms with Crippen LogP contribution < -0.4 is 0 Å². The summed E-state index contributed by atoms with van der Waals surface area (Å²) in [5, 5.41) is -1.68. The van der Waals surface area contributed by atoms with Crippen molar-refractivity contribution in [2.75, 3.05) is 0 Å². The minimum atomic E-state index is -4.48. The van der Waals surface area contributed by atoms with Gasteiger partial charge in [-0.15, -0.1) is 0 Å². The van der Waals surface area contributed by atoms with E-state index in [9.17, 15) is 18.0 Å². The Morgan fingerprint density at radius 1 is 1.50 bits per heavy atom. The minimum Gasteiger partial charge on any atom is -0.285 e. The van der Waals surface area contributed by atoms with Crippen molar-refractivity contribution in [3.8, 4) is 0 Å². The first kappa shape index (κ1) is 9.49. The van der Waals surface area contributed by atoms with Crippen molar-refractivity contribution >= 4 is 34.7 Å². The standard InChI is InChI=1S/C4H5NO5S2/c6-3-1-2(12(8,9)10)4(7)5(3)11/h2,11H,1H2,(H,8,9,10). The van der Waals surface area contributed by atoms with Crippen LogP contribution in [0.3, 0.4) is 0 Å². The molecular formula is C4H5NO5S2. The number of rotatable bonds is 1. The summed E-state index contributed by atoms with van der Waals surface area (Å²) in [5.74, 6) is -1.74. The fraction of sp³-hybridized carbons (Fsp3) is 0.500. The Bertz CT molecular complexity index is 333. The van der Waals surface area contributed by atoms with E-state index in [0.717, 1.165) is 0 Å². The molecule has 1 aliphatic rings. The molecule has 1 rings (SSSR count). The SMILES string of the molecule is O=C1CC(S(=O)(=O)O)C(=O)N1S. The topological polar surface area (TPSA) is 91.7 Å². The lowest BCUT2D eigenvalue weighted by molar-refractivity contribution is -0.131. The summed E-state index contributed by atoms with van der Waals surface area (Å²) in [4.78, 5) is 21.5. The predicted octanol–water partition coefficient (Wildman–Crippen LogP) is -1.15. The van der Waals surface area contributed by atoms with Crippen LogP contribution in [0.4, 0.5) is 0 Å². The monoisotopic (exact) mass is 211 g/mol. The van der Waals surface area contributed by atoms with Crippen molar-refractivity contribution < 1.29 is 22.6 Å². The van der Waals surface area contributed by atoms with Crippen molar-refractivity contribution in [3.05, 3.63) is 0 Å². The van der Waals surface area contributed by atoms with E-state index in [2.05, 4.69) is 12.8 Å². The Morgan fingerprint density at radius 2 is 2.00 bits per heavy atom. The van der Waals surface area contributed by atoms with Gasteiger partial charge in [-0.2, -0.15) is 8.42 Å². The third-order valence-electron chi connectivity index (χ3n) is 1.44. The quantitative estimate of drug-likeness (QED) is 0.324. The number of amides is 2. The molecule has 1 heterocycles. The molecule has 2 amide bonds. The van der Waals surface area contributed by atoms with Crippen LogP contribution >= 0.6 is 12.8 Å². The summed E-state index contributed by atoms with van der Waals surface area (Å²) >= 11 is 3.43. The molecule has 1 fully saturated rings. The summed E-state index contributed by atoms with van der Waals surface area (Å²) in [6.07, 6.45) is -0.541. The van der Waals surface area contributed by atoms with Crippen molar-refractivity contribution in [1.29, 1.82) is 0 Å². The van der Waals surface area contributed by atoms with Crippen molar-refractivity contribution in [2.45, 2.75) is 11.7 Å². The van der Waals surface area contributed by atoms with E-state index in [1.54, 1.807) is 0 Å². The summed E-state index contributed by atoms with van der Waals surface area (Å²) in [7, 11) is -4.48. The van der Waals surface area contributed by atoms with Crippen LogP contribution in [0.5, 0.6) is 0 Å². The molecule has 0 bridgehead atoms. The van der Waals surface area contributed by atoms with Gasteiger partial charge in [0, 0.05) is 0 Å². The Kier molecular flexibility index (Phi) is 2.15. The molecule has 1 atom stereocenters. The van der Waals surface area contributed by atoms with Gasteiger partial charge in [0.1, 0.15) is 0 Å². The van der Waals surface area contributed by atoms with Gasteiger partial charge in [-0.25, -0.2) is 4.31 Å². The molecule has 1 saturated heterocycles. The van der Waals surface area contributed by atoms with Gasteiger partial charge in [0.25, 0.3) is 16.0 Å². The zero-order valence-electron chi connectivity index (χ0n) is 5.67. The van der Waals surface area contributed by atoms with Crippen LogP contribution in [0.25, 0.3) is 0 Å². The van der Waals surface area contributed by atoms with Gasteiger partial charge < -0.3 is 0 Å². The van der Waals surface area contributed by atoms with E-state index in [1.165, 1.54) is 0 Å². The van der Waals surface area contributed by atoms with Gasteiger partial charge in [0.15, 0.2) is 5.25 Å². The number of nitrogens with zero attached hydrogens (tertiary/aromatic N) is 1. The summed E-state index contributed by atoms with van der Waals surface area (Å²) in [6, 6.07) is 0. The molecule has 1 unspecified atom stereocenters. The van der Waals surface area contributed by atoms with E-state index in [1.807, 2.05) is 0 Å². The van der Waals surface area contributed by atoms with E-state index < -0.39 is 33.6 Å². The molecule has 0 spiro atoms. The molecule has 68 valence electrons. The first-order valence-corrected chi connectivity index (χ1v) is 4.76. The highest BCUT2D eigenvalue weighted by atomic mass is 32.2. The molecule has 1 N–H and O–H groups in total. The number of thiol groups is 1. The Balaban J connectivity index is 3.01. The highest BCUT2D eigenvalue weighted by molar-refractivity contribution is 7.87. The molecule has 8 heteroatoms. The van der Waals surface area contributed by atoms with Gasteiger partial charge >= 0.3 is 0 Å². The van der Waals surface area contributed by atoms with Gasteiger partial charge in [-0.3, -0.25) is 14.1 Å². The van der Waals surface area contributed by atoms with Crippen LogP contribution in [0.1, 0.15) is 6.42 Å². The predicted molar refractivity (Wildman–Crippen MR) is 40.8 cm³/mol. The molecule has 0 aromatic carbocycles. The van der Waals surface area contributed by atoms with Crippen LogP contribution in [-0.2, 0) is 19.7 Å². The van der Waals surface area contributed by atoms with Crippen LogP contribution in [-0.4, -0.2) is 34.3 Å².